The molecule has 2 aromatic carbocycles. The van der Waals surface area contributed by atoms with Gasteiger partial charge in [-0.1, -0.05) is 6.07 Å². The van der Waals surface area contributed by atoms with E-state index in [2.05, 4.69) is 5.32 Å². The molecule has 0 radical (unpaired) electrons. The number of amides is 2. The molecular weight excluding hydrogens is 508 g/mol. The van der Waals surface area contributed by atoms with Crippen LogP contribution in [0.4, 0.5) is 17.1 Å². The highest BCUT2D eigenvalue weighted by Gasteiger charge is 2.42. The number of carbonyl (C=O) groups is 4. The van der Waals surface area contributed by atoms with Gasteiger partial charge in [0.25, 0.3) is 17.5 Å². The van der Waals surface area contributed by atoms with Crippen molar-refractivity contribution < 1.29 is 33.6 Å². The number of nitro groups is 1. The molecule has 0 fully saturated rings. The maximum absolute atomic E-state index is 13.6. The first-order valence-electron chi connectivity index (χ1n) is 10.8. The molecule has 1 N–H and O–H groups in total. The zero-order valence-corrected chi connectivity index (χ0v) is 20.9. The molecule has 37 heavy (non-hydrogen) atoms. The second-order valence-electron chi connectivity index (χ2n) is 7.65. The van der Waals surface area contributed by atoms with Crippen LogP contribution in [0.2, 0.25) is 0 Å². The molecule has 2 aromatic rings. The van der Waals surface area contributed by atoms with Crippen LogP contribution in [0, 0.1) is 28.4 Å². The lowest BCUT2D eigenvalue weighted by molar-refractivity contribution is -0.385. The number of rotatable bonds is 10. The minimum absolute atomic E-state index is 0.0502. The summed E-state index contributed by atoms with van der Waals surface area (Å²) in [7, 11) is 0. The molecule has 2 amide bonds. The predicted molar refractivity (Wildman–Crippen MR) is 132 cm³/mol. The number of halogens is 1. The van der Waals surface area contributed by atoms with Crippen LogP contribution >= 0.6 is 11.6 Å². The van der Waals surface area contributed by atoms with Gasteiger partial charge in [-0.25, -0.2) is 0 Å². The molecule has 13 heteroatoms. The first-order valence-corrected chi connectivity index (χ1v) is 11.3. The topological polar surface area (TPSA) is 169 Å². The van der Waals surface area contributed by atoms with Gasteiger partial charge in [0, 0.05) is 43.6 Å². The summed E-state index contributed by atoms with van der Waals surface area (Å²) in [6.07, 6.45) is -3.88. The molecule has 2 atom stereocenters. The lowest BCUT2D eigenvalue weighted by atomic mass is 10.1. The predicted octanol–water partition coefficient (Wildman–Crippen LogP) is 2.85. The number of hydrogen-bond acceptors (Lipinski definition) is 9. The molecule has 0 bridgehead atoms. The molecule has 0 aromatic heterocycles. The maximum Gasteiger partial charge on any atom is 0.303 e. The molecule has 194 valence electrons. The number of nitro benzene ring substituents is 1. The summed E-state index contributed by atoms with van der Waals surface area (Å²) in [5.74, 6) is -4.02. The van der Waals surface area contributed by atoms with E-state index in [1.807, 2.05) is 6.07 Å². The van der Waals surface area contributed by atoms with Crippen molar-refractivity contribution >= 4 is 52.4 Å². The Bertz CT molecular complexity index is 1240. The molecule has 0 heterocycles. The first kappa shape index (κ1) is 28.7. The third-order valence-corrected chi connectivity index (χ3v) is 5.09. The van der Waals surface area contributed by atoms with E-state index in [1.54, 1.807) is 0 Å². The number of esters is 2. The zero-order valence-electron chi connectivity index (χ0n) is 20.1. The van der Waals surface area contributed by atoms with Crippen molar-refractivity contribution in [2.75, 3.05) is 22.6 Å². The molecule has 0 aliphatic heterocycles. The van der Waals surface area contributed by atoms with Gasteiger partial charge in [-0.2, -0.15) is 5.26 Å². The standard InChI is InChI=1S/C24H23ClN4O8/c1-14-4-9-19(12-20(14)29(34)35)28(11-10-25)24(33)22(37-16(3)31)21(36-15(2)30)23(32)27-18-7-5-17(13-26)6-8-18/h4-9,12,21-22H,10-11H2,1-3H3,(H,27,32)/t21-,22-/m1/s1. The van der Waals surface area contributed by atoms with Crippen LogP contribution in [0.5, 0.6) is 0 Å². The quantitative estimate of drug-likeness (QED) is 0.210. The third-order valence-electron chi connectivity index (χ3n) is 4.92. The van der Waals surface area contributed by atoms with E-state index in [4.69, 9.17) is 26.3 Å². The van der Waals surface area contributed by atoms with E-state index < -0.39 is 40.9 Å². The first-order chi connectivity index (χ1) is 17.5. The molecule has 0 saturated heterocycles. The lowest BCUT2D eigenvalue weighted by Crippen LogP contribution is -2.53. The number of nitrogens with one attached hydrogen (secondary N) is 1. The van der Waals surface area contributed by atoms with Crippen molar-refractivity contribution in [2.24, 2.45) is 0 Å². The van der Waals surface area contributed by atoms with Gasteiger partial charge in [-0.15, -0.1) is 11.6 Å². The molecule has 0 aliphatic carbocycles. The Balaban J connectivity index is 2.51. The summed E-state index contributed by atoms with van der Waals surface area (Å²) in [6.45, 7) is 3.33. The van der Waals surface area contributed by atoms with Crippen molar-refractivity contribution in [3.05, 3.63) is 63.7 Å². The van der Waals surface area contributed by atoms with Crippen LogP contribution in [0.3, 0.4) is 0 Å². The molecular formula is C24H23ClN4O8. The van der Waals surface area contributed by atoms with Gasteiger partial charge in [0.1, 0.15) is 0 Å². The fraction of sp³-hybridized carbons (Fsp3) is 0.292. The van der Waals surface area contributed by atoms with Crippen LogP contribution in [-0.2, 0) is 28.7 Å². The van der Waals surface area contributed by atoms with Crippen LogP contribution in [0.25, 0.3) is 0 Å². The summed E-state index contributed by atoms with van der Waals surface area (Å²) in [4.78, 5) is 62.2. The van der Waals surface area contributed by atoms with Crippen LogP contribution in [0.1, 0.15) is 25.0 Å². The third kappa shape index (κ3) is 7.74. The van der Waals surface area contributed by atoms with E-state index >= 15 is 0 Å². The average Bonchev–Trinajstić information content (AvgIpc) is 2.84. The molecule has 12 nitrogen and oxygen atoms in total. The monoisotopic (exact) mass is 530 g/mol. The van der Waals surface area contributed by atoms with Crippen molar-refractivity contribution in [3.63, 3.8) is 0 Å². The summed E-state index contributed by atoms with van der Waals surface area (Å²) in [5.41, 5.74) is 0.648. The van der Waals surface area contributed by atoms with Crippen molar-refractivity contribution in [1.82, 2.24) is 0 Å². The second kappa shape index (κ2) is 13.0. The van der Waals surface area contributed by atoms with Crippen molar-refractivity contribution in [1.29, 1.82) is 5.26 Å². The fourth-order valence-corrected chi connectivity index (χ4v) is 3.43. The number of hydrogen-bond donors (Lipinski definition) is 1. The van der Waals surface area contributed by atoms with Crippen LogP contribution in [-0.4, -0.2) is 53.3 Å². The molecule has 0 saturated carbocycles. The van der Waals surface area contributed by atoms with Gasteiger partial charge >= 0.3 is 11.9 Å². The van der Waals surface area contributed by atoms with Gasteiger partial charge in [0.05, 0.1) is 22.2 Å². The van der Waals surface area contributed by atoms with Gasteiger partial charge < -0.3 is 19.7 Å². The normalized spacial score (nSPS) is 11.9. The van der Waals surface area contributed by atoms with Crippen LogP contribution < -0.4 is 10.2 Å². The molecule has 0 aliphatic rings. The number of anilines is 2. The smallest absolute Gasteiger partial charge is 0.303 e. The Labute approximate surface area is 216 Å². The number of benzene rings is 2. The van der Waals surface area contributed by atoms with Crippen molar-refractivity contribution in [2.45, 2.75) is 33.0 Å². The van der Waals surface area contributed by atoms with E-state index in [0.29, 0.717) is 11.1 Å². The van der Waals surface area contributed by atoms with Gasteiger partial charge in [0.2, 0.25) is 12.2 Å². The van der Waals surface area contributed by atoms with Crippen LogP contribution in [0.15, 0.2) is 42.5 Å². The summed E-state index contributed by atoms with van der Waals surface area (Å²) in [5, 5.41) is 22.8. The minimum atomic E-state index is -1.96. The largest absolute Gasteiger partial charge is 0.448 e. The fourth-order valence-electron chi connectivity index (χ4n) is 3.26. The molecule has 0 unspecified atom stereocenters. The van der Waals surface area contributed by atoms with Crippen molar-refractivity contribution in [3.8, 4) is 6.07 Å². The maximum atomic E-state index is 13.6. The SMILES string of the molecule is CC(=O)O[C@@H](C(=O)Nc1ccc(C#N)cc1)[C@@H](OC(C)=O)C(=O)N(CCCl)c1ccc(C)c([N+](=O)[O-])c1. The number of alkyl halides is 1. The number of nitrogens with zero attached hydrogens (tertiary/aromatic N) is 3. The van der Waals surface area contributed by atoms with E-state index in [0.717, 1.165) is 24.8 Å². The molecule has 2 rings (SSSR count). The van der Waals surface area contributed by atoms with E-state index in [9.17, 15) is 29.3 Å². The second-order valence-corrected chi connectivity index (χ2v) is 8.02. The summed E-state index contributed by atoms with van der Waals surface area (Å²) in [6, 6.07) is 11.6. The highest BCUT2D eigenvalue weighted by molar-refractivity contribution is 6.18. The lowest BCUT2D eigenvalue weighted by Gasteiger charge is -2.30. The highest BCUT2D eigenvalue weighted by atomic mass is 35.5. The number of ether oxygens (including phenoxy) is 2. The zero-order chi connectivity index (χ0) is 27.7. The molecule has 0 spiro atoms. The Kier molecular flexibility index (Phi) is 10.1. The number of nitriles is 1. The Morgan fingerprint density at radius 3 is 2.19 bits per heavy atom. The number of aryl methyl sites for hydroxylation is 1. The van der Waals surface area contributed by atoms with E-state index in [-0.39, 0.29) is 29.5 Å². The average molecular weight is 531 g/mol. The summed E-state index contributed by atoms with van der Waals surface area (Å²) < 4.78 is 10.2. The van der Waals surface area contributed by atoms with E-state index in [1.165, 1.54) is 43.3 Å². The van der Waals surface area contributed by atoms with Gasteiger partial charge in [0.15, 0.2) is 0 Å². The van der Waals surface area contributed by atoms with Gasteiger partial charge in [-0.3, -0.25) is 29.3 Å². The highest BCUT2D eigenvalue weighted by Crippen LogP contribution is 2.27. The Morgan fingerprint density at radius 2 is 1.68 bits per heavy atom. The minimum Gasteiger partial charge on any atom is -0.448 e. The Hall–Kier alpha value is -4.50. The summed E-state index contributed by atoms with van der Waals surface area (Å²) >= 11 is 5.87. The van der Waals surface area contributed by atoms with Gasteiger partial charge in [-0.05, 0) is 37.3 Å². The Morgan fingerprint density at radius 1 is 1.08 bits per heavy atom. The number of carbonyl (C=O) groups excluding carboxylic acids is 4.